The Labute approximate surface area is 108 Å². The van der Waals surface area contributed by atoms with Crippen LogP contribution < -0.4 is 10.6 Å². The largest absolute Gasteiger partial charge is 0.388 e. The van der Waals surface area contributed by atoms with Crippen molar-refractivity contribution >= 4 is 11.8 Å². The van der Waals surface area contributed by atoms with Crippen molar-refractivity contribution in [3.63, 3.8) is 0 Å². The molecule has 1 aliphatic carbocycles. The molecule has 0 aromatic carbocycles. The molecule has 0 bridgehead atoms. The van der Waals surface area contributed by atoms with Crippen LogP contribution in [-0.4, -0.2) is 34.3 Å². The van der Waals surface area contributed by atoms with Crippen LogP contribution in [0.1, 0.15) is 37.7 Å². The Hall–Kier alpha value is -1.36. The fourth-order valence-electron chi connectivity index (χ4n) is 2.38. The van der Waals surface area contributed by atoms with E-state index < -0.39 is 5.60 Å². The Kier molecular flexibility index (Phi) is 4.01. The summed E-state index contributed by atoms with van der Waals surface area (Å²) >= 11 is 0. The molecular weight excluding hydrogens is 228 g/mol. The average Bonchev–Trinajstić information content (AvgIpc) is 2.39. The highest BCUT2D eigenvalue weighted by atomic mass is 16.3. The lowest BCUT2D eigenvalue weighted by Crippen LogP contribution is -2.39. The summed E-state index contributed by atoms with van der Waals surface area (Å²) in [7, 11) is 1.79. The zero-order valence-electron chi connectivity index (χ0n) is 11.2. The highest BCUT2D eigenvalue weighted by molar-refractivity contribution is 5.46. The van der Waals surface area contributed by atoms with Gasteiger partial charge in [0.2, 0.25) is 5.95 Å². The Morgan fingerprint density at radius 3 is 2.72 bits per heavy atom. The van der Waals surface area contributed by atoms with E-state index in [4.69, 9.17) is 0 Å². The van der Waals surface area contributed by atoms with E-state index >= 15 is 0 Å². The minimum Gasteiger partial charge on any atom is -0.388 e. The number of hydrogen-bond donors (Lipinski definition) is 3. The maximum Gasteiger partial charge on any atom is 0.224 e. The fourth-order valence-corrected chi connectivity index (χ4v) is 2.38. The van der Waals surface area contributed by atoms with Crippen LogP contribution >= 0.6 is 0 Å². The lowest BCUT2D eigenvalue weighted by Gasteiger charge is -2.32. The van der Waals surface area contributed by atoms with Crippen molar-refractivity contribution in [2.45, 2.75) is 44.6 Å². The van der Waals surface area contributed by atoms with Crippen molar-refractivity contribution < 1.29 is 5.11 Å². The molecule has 5 heteroatoms. The quantitative estimate of drug-likeness (QED) is 0.761. The molecule has 1 saturated carbocycles. The van der Waals surface area contributed by atoms with Crippen molar-refractivity contribution in [3.05, 3.63) is 11.8 Å². The van der Waals surface area contributed by atoms with Crippen LogP contribution in [0.15, 0.2) is 6.20 Å². The number of nitrogens with one attached hydrogen (secondary N) is 2. The monoisotopic (exact) mass is 250 g/mol. The van der Waals surface area contributed by atoms with Gasteiger partial charge in [-0.3, -0.25) is 0 Å². The van der Waals surface area contributed by atoms with Gasteiger partial charge in [0.05, 0.1) is 5.60 Å². The predicted octanol–water partition coefficient (Wildman–Crippen LogP) is 1.93. The van der Waals surface area contributed by atoms with Gasteiger partial charge in [-0.2, -0.15) is 4.98 Å². The van der Waals surface area contributed by atoms with Crippen LogP contribution in [0, 0.1) is 6.92 Å². The second kappa shape index (κ2) is 5.52. The first-order chi connectivity index (χ1) is 8.63. The highest BCUT2D eigenvalue weighted by Crippen LogP contribution is 2.28. The molecule has 1 aliphatic rings. The van der Waals surface area contributed by atoms with Crippen LogP contribution in [0.5, 0.6) is 0 Å². The molecule has 0 atom stereocenters. The molecule has 2 rings (SSSR count). The van der Waals surface area contributed by atoms with Gasteiger partial charge in [-0.05, 0) is 19.8 Å². The third-order valence-corrected chi connectivity index (χ3v) is 3.56. The molecule has 1 heterocycles. The summed E-state index contributed by atoms with van der Waals surface area (Å²) in [5.41, 5.74) is 0.420. The Morgan fingerprint density at radius 2 is 2.06 bits per heavy atom. The van der Waals surface area contributed by atoms with E-state index in [0.29, 0.717) is 12.5 Å². The summed E-state index contributed by atoms with van der Waals surface area (Å²) in [6.45, 7) is 2.53. The van der Waals surface area contributed by atoms with Gasteiger partial charge in [0.1, 0.15) is 5.82 Å². The van der Waals surface area contributed by atoms with Crippen molar-refractivity contribution in [2.24, 2.45) is 0 Å². The van der Waals surface area contributed by atoms with Gasteiger partial charge in [-0.25, -0.2) is 4.98 Å². The Morgan fingerprint density at radius 1 is 1.33 bits per heavy atom. The SMILES string of the molecule is CNc1ncc(C)c(NCC2(O)CCCCC2)n1. The number of hydrogen-bond acceptors (Lipinski definition) is 5. The maximum absolute atomic E-state index is 10.4. The summed E-state index contributed by atoms with van der Waals surface area (Å²) in [6, 6.07) is 0. The number of nitrogens with zero attached hydrogens (tertiary/aromatic N) is 2. The van der Waals surface area contributed by atoms with Crippen molar-refractivity contribution in [2.75, 3.05) is 24.2 Å². The Bertz CT molecular complexity index is 402. The van der Waals surface area contributed by atoms with Gasteiger partial charge < -0.3 is 15.7 Å². The normalized spacial score (nSPS) is 18.4. The minimum absolute atomic E-state index is 0.563. The van der Waals surface area contributed by atoms with Crippen molar-refractivity contribution in [1.82, 2.24) is 9.97 Å². The molecule has 1 fully saturated rings. The molecule has 1 aromatic heterocycles. The van der Waals surface area contributed by atoms with E-state index in [1.165, 1.54) is 6.42 Å². The van der Waals surface area contributed by atoms with Gasteiger partial charge in [-0.1, -0.05) is 19.3 Å². The topological polar surface area (TPSA) is 70.1 Å². The molecule has 0 unspecified atom stereocenters. The number of aryl methyl sites for hydroxylation is 1. The Balaban J connectivity index is 2.00. The van der Waals surface area contributed by atoms with Gasteiger partial charge >= 0.3 is 0 Å². The second-order valence-corrected chi connectivity index (χ2v) is 5.11. The van der Waals surface area contributed by atoms with E-state index in [-0.39, 0.29) is 0 Å². The van der Waals surface area contributed by atoms with Crippen LogP contribution in [0.25, 0.3) is 0 Å². The predicted molar refractivity (Wildman–Crippen MR) is 72.8 cm³/mol. The van der Waals surface area contributed by atoms with E-state index in [9.17, 15) is 5.11 Å². The first-order valence-corrected chi connectivity index (χ1v) is 6.61. The van der Waals surface area contributed by atoms with E-state index in [2.05, 4.69) is 20.6 Å². The first-order valence-electron chi connectivity index (χ1n) is 6.61. The molecular formula is C13H22N4O. The summed E-state index contributed by atoms with van der Waals surface area (Å²) in [4.78, 5) is 8.51. The molecule has 0 saturated heterocycles. The third kappa shape index (κ3) is 3.10. The zero-order valence-corrected chi connectivity index (χ0v) is 11.2. The van der Waals surface area contributed by atoms with Crippen LogP contribution in [-0.2, 0) is 0 Å². The van der Waals surface area contributed by atoms with Gasteiger partial charge in [0.15, 0.2) is 0 Å². The number of anilines is 2. The van der Waals surface area contributed by atoms with Crippen LogP contribution in [0.3, 0.4) is 0 Å². The molecule has 18 heavy (non-hydrogen) atoms. The molecule has 0 radical (unpaired) electrons. The maximum atomic E-state index is 10.4. The standard InChI is InChI=1S/C13H22N4O/c1-10-8-15-12(14-2)17-11(10)16-9-13(18)6-4-3-5-7-13/h8,18H,3-7,9H2,1-2H3,(H2,14,15,16,17). The van der Waals surface area contributed by atoms with Gasteiger partial charge in [0.25, 0.3) is 0 Å². The molecule has 3 N–H and O–H groups in total. The minimum atomic E-state index is -0.574. The first kappa shape index (κ1) is 13.1. The summed E-state index contributed by atoms with van der Waals surface area (Å²) in [6.07, 6.45) is 7.00. The van der Waals surface area contributed by atoms with Crippen molar-refractivity contribution in [1.29, 1.82) is 0 Å². The van der Waals surface area contributed by atoms with E-state index in [0.717, 1.165) is 37.1 Å². The molecule has 0 spiro atoms. The summed E-state index contributed by atoms with van der Waals surface area (Å²) in [5, 5.41) is 16.6. The smallest absolute Gasteiger partial charge is 0.224 e. The zero-order chi connectivity index (χ0) is 13.0. The molecule has 100 valence electrons. The van der Waals surface area contributed by atoms with Crippen LogP contribution in [0.2, 0.25) is 0 Å². The van der Waals surface area contributed by atoms with Crippen molar-refractivity contribution in [3.8, 4) is 0 Å². The lowest BCUT2D eigenvalue weighted by atomic mass is 9.85. The summed E-state index contributed by atoms with van der Waals surface area (Å²) < 4.78 is 0. The fraction of sp³-hybridized carbons (Fsp3) is 0.692. The van der Waals surface area contributed by atoms with Crippen LogP contribution in [0.4, 0.5) is 11.8 Å². The van der Waals surface area contributed by atoms with Gasteiger partial charge in [-0.15, -0.1) is 0 Å². The van der Waals surface area contributed by atoms with Gasteiger partial charge in [0, 0.05) is 25.4 Å². The summed E-state index contributed by atoms with van der Waals surface area (Å²) in [5.74, 6) is 1.40. The molecule has 1 aromatic rings. The second-order valence-electron chi connectivity index (χ2n) is 5.11. The lowest BCUT2D eigenvalue weighted by molar-refractivity contribution is 0.0166. The van der Waals surface area contributed by atoms with E-state index in [1.54, 1.807) is 13.2 Å². The third-order valence-electron chi connectivity index (χ3n) is 3.56. The molecule has 5 nitrogen and oxygen atoms in total. The molecule has 0 amide bonds. The van der Waals surface area contributed by atoms with E-state index in [1.807, 2.05) is 6.92 Å². The molecule has 0 aliphatic heterocycles. The average molecular weight is 250 g/mol. The highest BCUT2D eigenvalue weighted by Gasteiger charge is 2.29. The number of aliphatic hydroxyl groups is 1. The number of rotatable bonds is 4. The number of aromatic nitrogens is 2.